The minimum absolute atomic E-state index is 0.0282. The Bertz CT molecular complexity index is 754. The van der Waals surface area contributed by atoms with E-state index < -0.39 is 27.6 Å². The maximum atomic E-state index is 12.7. The van der Waals surface area contributed by atoms with E-state index in [1.807, 2.05) is 0 Å². The van der Waals surface area contributed by atoms with E-state index in [-0.39, 0.29) is 28.2 Å². The fourth-order valence-corrected chi connectivity index (χ4v) is 5.39. The summed E-state index contributed by atoms with van der Waals surface area (Å²) in [6, 6.07) is 2.97. The molecule has 2 saturated heterocycles. The van der Waals surface area contributed by atoms with Gasteiger partial charge in [0.05, 0.1) is 17.1 Å². The first-order chi connectivity index (χ1) is 10.5. The number of nitrogens with zero attached hydrogens (tertiary/aromatic N) is 1. The molecule has 2 fully saturated rings. The third-order valence-electron chi connectivity index (χ3n) is 4.18. The lowest BCUT2D eigenvalue weighted by atomic mass is 9.83. The Balaban J connectivity index is 1.61. The van der Waals surface area contributed by atoms with Crippen LogP contribution in [0.2, 0.25) is 0 Å². The Kier molecular flexibility index (Phi) is 3.40. The standard InChI is InChI=1S/C14H15F3N2O3S/c1-9-4-10(2-3-11(9)14(15,16)17)18-12(20)19-5-13(6-19)7-23(21,22)8-13/h2-4H,5-8H2,1H3,(H,18,20). The minimum Gasteiger partial charge on any atom is -0.323 e. The number of carbonyl (C=O) groups excluding carboxylic acids is 1. The average Bonchev–Trinajstić information content (AvgIpc) is 2.30. The molecule has 2 aliphatic rings. The van der Waals surface area contributed by atoms with Gasteiger partial charge in [0.2, 0.25) is 0 Å². The molecule has 1 spiro atoms. The molecule has 1 aromatic rings. The zero-order chi connectivity index (χ0) is 17.0. The first kappa shape index (κ1) is 16.1. The number of likely N-dealkylation sites (tertiary alicyclic amines) is 1. The van der Waals surface area contributed by atoms with E-state index in [0.29, 0.717) is 13.1 Å². The van der Waals surface area contributed by atoms with Crippen LogP contribution in [0.4, 0.5) is 23.7 Å². The van der Waals surface area contributed by atoms with Gasteiger partial charge in [-0.3, -0.25) is 0 Å². The van der Waals surface area contributed by atoms with Gasteiger partial charge in [-0.15, -0.1) is 0 Å². The molecule has 0 radical (unpaired) electrons. The number of carbonyl (C=O) groups is 1. The quantitative estimate of drug-likeness (QED) is 0.847. The predicted octanol–water partition coefficient (Wildman–Crippen LogP) is 2.28. The first-order valence-corrected chi connectivity index (χ1v) is 8.76. The Morgan fingerprint density at radius 2 is 1.87 bits per heavy atom. The lowest BCUT2D eigenvalue weighted by Gasteiger charge is -2.54. The minimum atomic E-state index is -4.42. The van der Waals surface area contributed by atoms with Gasteiger partial charge in [0.15, 0.2) is 9.84 Å². The van der Waals surface area contributed by atoms with Gasteiger partial charge in [-0.2, -0.15) is 13.2 Å². The van der Waals surface area contributed by atoms with Crippen molar-refractivity contribution in [2.45, 2.75) is 13.1 Å². The number of benzene rings is 1. The van der Waals surface area contributed by atoms with Crippen LogP contribution in [0.15, 0.2) is 18.2 Å². The highest BCUT2D eigenvalue weighted by atomic mass is 32.2. The van der Waals surface area contributed by atoms with E-state index in [2.05, 4.69) is 5.32 Å². The normalized spacial score (nSPS) is 21.5. The molecule has 2 amide bonds. The van der Waals surface area contributed by atoms with Gasteiger partial charge >= 0.3 is 12.2 Å². The monoisotopic (exact) mass is 348 g/mol. The highest BCUT2D eigenvalue weighted by molar-refractivity contribution is 7.92. The largest absolute Gasteiger partial charge is 0.416 e. The fourth-order valence-electron chi connectivity index (χ4n) is 3.24. The van der Waals surface area contributed by atoms with E-state index in [0.717, 1.165) is 6.07 Å². The fraction of sp³-hybridized carbons (Fsp3) is 0.500. The summed E-state index contributed by atoms with van der Waals surface area (Å²) in [7, 11) is -2.95. The molecule has 1 aromatic carbocycles. The summed E-state index contributed by atoms with van der Waals surface area (Å²) in [5, 5.41) is 2.54. The van der Waals surface area contributed by atoms with Gasteiger partial charge in [0, 0.05) is 24.2 Å². The summed E-state index contributed by atoms with van der Waals surface area (Å²) >= 11 is 0. The molecule has 0 saturated carbocycles. The topological polar surface area (TPSA) is 66.5 Å². The molecule has 0 aromatic heterocycles. The van der Waals surface area contributed by atoms with Crippen LogP contribution in [0.25, 0.3) is 0 Å². The summed E-state index contributed by atoms with van der Waals surface area (Å²) in [5.74, 6) is 0.201. The van der Waals surface area contributed by atoms with Crippen LogP contribution in [-0.2, 0) is 16.0 Å². The van der Waals surface area contributed by atoms with Crippen molar-refractivity contribution in [3.05, 3.63) is 29.3 Å². The van der Waals surface area contributed by atoms with Crippen molar-refractivity contribution >= 4 is 21.6 Å². The molecular weight excluding hydrogens is 333 g/mol. The third-order valence-corrected chi connectivity index (χ3v) is 6.28. The molecule has 0 aliphatic carbocycles. The van der Waals surface area contributed by atoms with Crippen LogP contribution < -0.4 is 5.32 Å². The van der Waals surface area contributed by atoms with Crippen molar-refractivity contribution in [3.8, 4) is 0 Å². The van der Waals surface area contributed by atoms with E-state index in [9.17, 15) is 26.4 Å². The SMILES string of the molecule is Cc1cc(NC(=O)N2CC3(C2)CS(=O)(=O)C3)ccc1C(F)(F)F. The van der Waals surface area contributed by atoms with Crippen molar-refractivity contribution in [2.24, 2.45) is 5.41 Å². The van der Waals surface area contributed by atoms with Crippen molar-refractivity contribution in [1.82, 2.24) is 4.90 Å². The number of nitrogens with one attached hydrogen (secondary N) is 1. The zero-order valence-corrected chi connectivity index (χ0v) is 13.1. The second kappa shape index (κ2) is 4.86. The number of urea groups is 1. The predicted molar refractivity (Wildman–Crippen MR) is 77.9 cm³/mol. The van der Waals surface area contributed by atoms with Gasteiger partial charge in [0.25, 0.3) is 0 Å². The van der Waals surface area contributed by atoms with E-state index >= 15 is 0 Å². The third kappa shape index (κ3) is 3.01. The van der Waals surface area contributed by atoms with Crippen LogP contribution >= 0.6 is 0 Å². The maximum Gasteiger partial charge on any atom is 0.416 e. The second-order valence-electron chi connectivity index (χ2n) is 6.35. The smallest absolute Gasteiger partial charge is 0.323 e. The molecule has 3 rings (SSSR count). The van der Waals surface area contributed by atoms with Crippen LogP contribution in [0, 0.1) is 12.3 Å². The van der Waals surface area contributed by atoms with Gasteiger partial charge < -0.3 is 10.2 Å². The number of amides is 2. The number of hydrogen-bond donors (Lipinski definition) is 1. The average molecular weight is 348 g/mol. The number of anilines is 1. The Hall–Kier alpha value is -1.77. The van der Waals surface area contributed by atoms with Gasteiger partial charge in [-0.05, 0) is 30.7 Å². The molecule has 1 N–H and O–H groups in total. The van der Waals surface area contributed by atoms with Crippen LogP contribution in [0.5, 0.6) is 0 Å². The number of alkyl halides is 3. The number of hydrogen-bond acceptors (Lipinski definition) is 3. The number of rotatable bonds is 1. The Morgan fingerprint density at radius 3 is 2.35 bits per heavy atom. The molecular formula is C14H15F3N2O3S. The van der Waals surface area contributed by atoms with Gasteiger partial charge in [-0.25, -0.2) is 13.2 Å². The summed E-state index contributed by atoms with van der Waals surface area (Å²) < 4.78 is 60.5. The lowest BCUT2D eigenvalue weighted by molar-refractivity contribution is -0.138. The highest BCUT2D eigenvalue weighted by Crippen LogP contribution is 2.41. The van der Waals surface area contributed by atoms with Crippen molar-refractivity contribution in [3.63, 3.8) is 0 Å². The van der Waals surface area contributed by atoms with Crippen LogP contribution in [-0.4, -0.2) is 43.9 Å². The molecule has 2 heterocycles. The Morgan fingerprint density at radius 1 is 1.26 bits per heavy atom. The Labute approximate surface area is 131 Å². The lowest BCUT2D eigenvalue weighted by Crippen LogP contribution is -2.69. The molecule has 0 unspecified atom stereocenters. The summed E-state index contributed by atoms with van der Waals surface area (Å²) in [5.41, 5.74) is -0.743. The molecule has 5 nitrogen and oxygen atoms in total. The summed E-state index contributed by atoms with van der Waals surface area (Å²) in [4.78, 5) is 13.5. The van der Waals surface area contributed by atoms with Crippen molar-refractivity contribution in [2.75, 3.05) is 29.9 Å². The second-order valence-corrected chi connectivity index (χ2v) is 8.41. The van der Waals surface area contributed by atoms with E-state index in [1.165, 1.54) is 24.0 Å². The molecule has 2 aliphatic heterocycles. The molecule has 0 atom stereocenters. The van der Waals surface area contributed by atoms with E-state index in [4.69, 9.17) is 0 Å². The van der Waals surface area contributed by atoms with Gasteiger partial charge in [0.1, 0.15) is 0 Å². The van der Waals surface area contributed by atoms with E-state index in [1.54, 1.807) is 0 Å². The molecule has 9 heteroatoms. The maximum absolute atomic E-state index is 12.7. The number of halogens is 3. The molecule has 126 valence electrons. The van der Waals surface area contributed by atoms with Gasteiger partial charge in [-0.1, -0.05) is 0 Å². The summed E-state index contributed by atoms with van der Waals surface area (Å²) in [6.45, 7) is 2.05. The summed E-state index contributed by atoms with van der Waals surface area (Å²) in [6.07, 6.45) is -4.42. The van der Waals surface area contributed by atoms with Crippen molar-refractivity contribution in [1.29, 1.82) is 0 Å². The molecule has 0 bridgehead atoms. The van der Waals surface area contributed by atoms with Crippen LogP contribution in [0.1, 0.15) is 11.1 Å². The first-order valence-electron chi connectivity index (χ1n) is 6.94. The van der Waals surface area contributed by atoms with Crippen molar-refractivity contribution < 1.29 is 26.4 Å². The number of aryl methyl sites for hydroxylation is 1. The highest BCUT2D eigenvalue weighted by Gasteiger charge is 2.57. The zero-order valence-electron chi connectivity index (χ0n) is 12.3. The van der Waals surface area contributed by atoms with Crippen LogP contribution in [0.3, 0.4) is 0 Å². The molecule has 23 heavy (non-hydrogen) atoms. The number of sulfone groups is 1.